The van der Waals surface area contributed by atoms with Crippen LogP contribution in [0.25, 0.3) is 15.9 Å². The van der Waals surface area contributed by atoms with Crippen LogP contribution in [0.15, 0.2) is 63.6 Å². The Hall–Kier alpha value is -3.63. The van der Waals surface area contributed by atoms with E-state index in [0.717, 1.165) is 52.7 Å². The third-order valence-corrected chi connectivity index (χ3v) is 8.58. The van der Waals surface area contributed by atoms with E-state index in [1.165, 1.54) is 16.6 Å². The van der Waals surface area contributed by atoms with Crippen molar-refractivity contribution in [3.63, 3.8) is 0 Å². The number of hydrazone groups is 1. The second-order valence-corrected chi connectivity index (χ2v) is 10.9. The number of aromatic nitrogens is 2. The first kappa shape index (κ1) is 26.0. The number of rotatable bonds is 8. The predicted octanol–water partition coefficient (Wildman–Crippen LogP) is 4.98. The van der Waals surface area contributed by atoms with Gasteiger partial charge in [0.1, 0.15) is 4.83 Å². The molecule has 10 heteroatoms. The molecule has 0 bridgehead atoms. The summed E-state index contributed by atoms with van der Waals surface area (Å²) in [5.41, 5.74) is 5.82. The van der Waals surface area contributed by atoms with Crippen LogP contribution in [0.2, 0.25) is 0 Å². The molecular weight excluding hydrogens is 520 g/mol. The molecule has 0 atom stereocenters. The van der Waals surface area contributed by atoms with E-state index in [2.05, 4.69) is 10.5 Å². The van der Waals surface area contributed by atoms with Gasteiger partial charge in [0.15, 0.2) is 16.7 Å². The molecule has 1 aliphatic rings. The molecule has 8 nitrogen and oxygen atoms in total. The molecule has 0 spiro atoms. The van der Waals surface area contributed by atoms with Crippen molar-refractivity contribution in [2.75, 3.05) is 20.0 Å². The Balaban J connectivity index is 1.39. The van der Waals surface area contributed by atoms with Crippen LogP contribution >= 0.6 is 23.1 Å². The average Bonchev–Trinajstić information content (AvgIpc) is 3.33. The quantitative estimate of drug-likeness (QED) is 0.145. The number of nitrogens with one attached hydrogen (secondary N) is 1. The van der Waals surface area contributed by atoms with Crippen molar-refractivity contribution in [2.45, 2.75) is 37.8 Å². The lowest BCUT2D eigenvalue weighted by atomic mass is 9.97. The minimum absolute atomic E-state index is 0.0542. The Morgan fingerprint density at radius 2 is 1.87 bits per heavy atom. The molecule has 5 rings (SSSR count). The van der Waals surface area contributed by atoms with E-state index >= 15 is 0 Å². The highest BCUT2D eigenvalue weighted by atomic mass is 32.2. The number of carbonyl (C=O) groups excluding carboxylic acids is 1. The van der Waals surface area contributed by atoms with Crippen LogP contribution in [0.1, 0.15) is 35.8 Å². The summed E-state index contributed by atoms with van der Waals surface area (Å²) in [5, 5.41) is 5.46. The monoisotopic (exact) mass is 548 g/mol. The fourth-order valence-electron chi connectivity index (χ4n) is 4.52. The van der Waals surface area contributed by atoms with Gasteiger partial charge in [0.2, 0.25) is 0 Å². The normalized spacial score (nSPS) is 13.3. The number of para-hydroxylation sites is 1. The fourth-order valence-corrected chi connectivity index (χ4v) is 6.63. The number of fused-ring (bicyclic) bond motifs is 3. The lowest BCUT2D eigenvalue weighted by Crippen LogP contribution is -2.24. The second-order valence-electron chi connectivity index (χ2n) is 8.85. The Kier molecular flexibility index (Phi) is 7.80. The molecule has 2 aromatic heterocycles. The topological polar surface area (TPSA) is 94.8 Å². The highest BCUT2D eigenvalue weighted by Gasteiger charge is 2.23. The molecule has 0 saturated carbocycles. The molecule has 1 aliphatic carbocycles. The van der Waals surface area contributed by atoms with Gasteiger partial charge in [-0.25, -0.2) is 10.4 Å². The number of methoxy groups -OCH3 is 2. The van der Waals surface area contributed by atoms with Crippen molar-refractivity contribution < 1.29 is 14.3 Å². The molecule has 0 fully saturated rings. The molecule has 2 aromatic carbocycles. The second kappa shape index (κ2) is 11.4. The number of benzene rings is 2. The standard InChI is InChI=1S/C28H28N4O4S2/c1-17(18-13-14-21(35-2)22(15-18)36-3)30-31-24(33)16-37-28-29-26-25(20-11-7-8-12-23(20)38-26)27(34)32(28)19-9-5-4-6-10-19/h4-6,9-10,13-15H,7-8,11-12,16H2,1-3H3,(H,31,33). The molecule has 1 amide bonds. The molecular formula is C28H28N4O4S2. The molecule has 0 saturated heterocycles. The van der Waals surface area contributed by atoms with Crippen LogP contribution in [0.3, 0.4) is 0 Å². The van der Waals surface area contributed by atoms with Gasteiger partial charge in [0, 0.05) is 10.4 Å². The van der Waals surface area contributed by atoms with E-state index in [0.29, 0.717) is 22.4 Å². The molecule has 4 aromatic rings. The lowest BCUT2D eigenvalue weighted by Gasteiger charge is -2.13. The lowest BCUT2D eigenvalue weighted by molar-refractivity contribution is -0.118. The van der Waals surface area contributed by atoms with Crippen LogP contribution in [-0.4, -0.2) is 41.1 Å². The smallest absolute Gasteiger partial charge is 0.267 e. The Labute approximate surface area is 228 Å². The van der Waals surface area contributed by atoms with Crippen molar-refractivity contribution in [1.29, 1.82) is 0 Å². The van der Waals surface area contributed by atoms with E-state index < -0.39 is 0 Å². The summed E-state index contributed by atoms with van der Waals surface area (Å²) in [7, 11) is 3.14. The summed E-state index contributed by atoms with van der Waals surface area (Å²) in [5.74, 6) is 0.954. The SMILES string of the molecule is COc1ccc(C(C)=NNC(=O)CSc2nc3sc4c(c3c(=O)n2-c2ccccc2)CCCC4)cc1OC. The van der Waals surface area contributed by atoms with Gasteiger partial charge < -0.3 is 9.47 Å². The third kappa shape index (κ3) is 5.19. The van der Waals surface area contributed by atoms with E-state index in [4.69, 9.17) is 14.5 Å². The third-order valence-electron chi connectivity index (χ3n) is 6.45. The van der Waals surface area contributed by atoms with Gasteiger partial charge >= 0.3 is 0 Å². The van der Waals surface area contributed by atoms with E-state index in [9.17, 15) is 9.59 Å². The van der Waals surface area contributed by atoms with Gasteiger partial charge in [0.05, 0.1) is 36.8 Å². The van der Waals surface area contributed by atoms with E-state index in [1.54, 1.807) is 49.2 Å². The van der Waals surface area contributed by atoms with Crippen LogP contribution in [-0.2, 0) is 17.6 Å². The molecule has 1 N–H and O–H groups in total. The predicted molar refractivity (Wildman–Crippen MR) is 152 cm³/mol. The van der Waals surface area contributed by atoms with E-state index in [1.807, 2.05) is 36.4 Å². The Bertz CT molecular complexity index is 1580. The van der Waals surface area contributed by atoms with Crippen molar-refractivity contribution in [3.05, 3.63) is 74.9 Å². The van der Waals surface area contributed by atoms with Crippen molar-refractivity contribution in [1.82, 2.24) is 15.0 Å². The minimum atomic E-state index is -0.297. The summed E-state index contributed by atoms with van der Waals surface area (Å²) in [6.07, 6.45) is 4.12. The number of thioether (sulfide) groups is 1. The first-order chi connectivity index (χ1) is 18.5. The zero-order valence-electron chi connectivity index (χ0n) is 21.4. The first-order valence-electron chi connectivity index (χ1n) is 12.3. The van der Waals surface area contributed by atoms with Crippen LogP contribution in [0.5, 0.6) is 11.5 Å². The van der Waals surface area contributed by atoms with Crippen LogP contribution < -0.4 is 20.5 Å². The molecule has 196 valence electrons. The number of ether oxygens (including phenoxy) is 2. The highest BCUT2D eigenvalue weighted by Crippen LogP contribution is 2.35. The number of amides is 1. The van der Waals surface area contributed by atoms with Gasteiger partial charge in [-0.2, -0.15) is 5.10 Å². The maximum Gasteiger partial charge on any atom is 0.267 e. The van der Waals surface area contributed by atoms with Gasteiger partial charge in [-0.3, -0.25) is 14.2 Å². The number of hydrogen-bond donors (Lipinski definition) is 1. The zero-order chi connectivity index (χ0) is 26.6. The highest BCUT2D eigenvalue weighted by molar-refractivity contribution is 7.99. The summed E-state index contributed by atoms with van der Waals surface area (Å²) < 4.78 is 12.3. The first-order valence-corrected chi connectivity index (χ1v) is 14.1. The number of hydrogen-bond acceptors (Lipinski definition) is 8. The molecule has 0 unspecified atom stereocenters. The minimum Gasteiger partial charge on any atom is -0.493 e. The largest absolute Gasteiger partial charge is 0.493 e. The Morgan fingerprint density at radius 3 is 2.63 bits per heavy atom. The van der Waals surface area contributed by atoms with Crippen LogP contribution in [0, 0.1) is 0 Å². The number of nitrogens with zero attached hydrogens (tertiary/aromatic N) is 3. The maximum absolute atomic E-state index is 13.8. The molecule has 38 heavy (non-hydrogen) atoms. The van der Waals surface area contributed by atoms with Gasteiger partial charge in [-0.05, 0) is 68.5 Å². The van der Waals surface area contributed by atoms with Crippen LogP contribution in [0.4, 0.5) is 0 Å². The molecule has 2 heterocycles. The van der Waals surface area contributed by atoms with Gasteiger partial charge in [0.25, 0.3) is 11.5 Å². The molecule has 0 aliphatic heterocycles. The van der Waals surface area contributed by atoms with E-state index in [-0.39, 0.29) is 17.2 Å². The summed E-state index contributed by atoms with van der Waals surface area (Å²) in [6, 6.07) is 14.9. The Morgan fingerprint density at radius 1 is 1.11 bits per heavy atom. The summed E-state index contributed by atoms with van der Waals surface area (Å²) >= 11 is 2.83. The number of carbonyl (C=O) groups is 1. The average molecular weight is 549 g/mol. The van der Waals surface area contributed by atoms with Crippen molar-refractivity contribution in [2.24, 2.45) is 5.10 Å². The summed E-state index contributed by atoms with van der Waals surface area (Å²) in [6.45, 7) is 1.80. The molecule has 0 radical (unpaired) electrons. The van der Waals surface area contributed by atoms with Gasteiger partial charge in [-0.15, -0.1) is 11.3 Å². The van der Waals surface area contributed by atoms with Crippen molar-refractivity contribution in [3.8, 4) is 17.2 Å². The van der Waals surface area contributed by atoms with Gasteiger partial charge in [-0.1, -0.05) is 30.0 Å². The van der Waals surface area contributed by atoms with Crippen molar-refractivity contribution >= 4 is 44.9 Å². The number of thiophene rings is 1. The fraction of sp³-hybridized carbons (Fsp3) is 0.286. The number of aryl methyl sites for hydroxylation is 2. The summed E-state index contributed by atoms with van der Waals surface area (Å²) in [4.78, 5) is 33.4. The zero-order valence-corrected chi connectivity index (χ0v) is 23.1. The maximum atomic E-state index is 13.8.